The second-order valence-electron chi connectivity index (χ2n) is 4.19. The molecule has 94 valence electrons. The van der Waals surface area contributed by atoms with Crippen LogP contribution in [-0.4, -0.2) is 12.0 Å². The Labute approximate surface area is 112 Å². The lowest BCUT2D eigenvalue weighted by Crippen LogP contribution is -2.16. The van der Waals surface area contributed by atoms with Crippen molar-refractivity contribution in [2.24, 2.45) is 5.73 Å². The first kappa shape index (κ1) is 12.9. The third-order valence-electron chi connectivity index (χ3n) is 2.87. The van der Waals surface area contributed by atoms with Gasteiger partial charge in [-0.3, -0.25) is 4.98 Å². The monoisotopic (exact) mass is 261 g/mol. The molecule has 2 rings (SSSR count). The Morgan fingerprint density at radius 1 is 1.22 bits per heavy atom. The van der Waals surface area contributed by atoms with Gasteiger partial charge in [0, 0.05) is 43.2 Å². The van der Waals surface area contributed by atoms with Crippen molar-refractivity contribution in [2.45, 2.75) is 13.1 Å². The van der Waals surface area contributed by atoms with Gasteiger partial charge in [0.25, 0.3) is 0 Å². The molecule has 0 unspecified atom stereocenters. The summed E-state index contributed by atoms with van der Waals surface area (Å²) in [6.45, 7) is 1.29. The van der Waals surface area contributed by atoms with E-state index in [1.165, 1.54) is 5.56 Å². The van der Waals surface area contributed by atoms with Crippen LogP contribution >= 0.6 is 11.6 Å². The van der Waals surface area contributed by atoms with E-state index < -0.39 is 0 Å². The number of aromatic nitrogens is 1. The minimum absolute atomic E-state index is 0.465. The van der Waals surface area contributed by atoms with Gasteiger partial charge >= 0.3 is 0 Å². The minimum atomic E-state index is 0.465. The molecule has 1 heterocycles. The number of anilines is 1. The highest BCUT2D eigenvalue weighted by Gasteiger charge is 2.05. The molecule has 4 heteroatoms. The maximum Gasteiger partial charge on any atom is 0.0471 e. The van der Waals surface area contributed by atoms with Crippen molar-refractivity contribution in [1.82, 2.24) is 4.98 Å². The Kier molecular flexibility index (Phi) is 4.18. The Balaban J connectivity index is 2.14. The van der Waals surface area contributed by atoms with E-state index in [2.05, 4.69) is 9.88 Å². The largest absolute Gasteiger partial charge is 0.370 e. The van der Waals surface area contributed by atoms with Crippen molar-refractivity contribution < 1.29 is 0 Å². The molecule has 0 bridgehead atoms. The maximum absolute atomic E-state index is 6.16. The fourth-order valence-electron chi connectivity index (χ4n) is 1.79. The van der Waals surface area contributed by atoms with Gasteiger partial charge in [-0.1, -0.05) is 17.7 Å². The number of hydrogen-bond donors (Lipinski definition) is 1. The maximum atomic E-state index is 6.16. The van der Waals surface area contributed by atoms with Crippen LogP contribution in [0.4, 0.5) is 5.69 Å². The van der Waals surface area contributed by atoms with Crippen LogP contribution in [0.25, 0.3) is 0 Å². The Morgan fingerprint density at radius 3 is 2.56 bits per heavy atom. The van der Waals surface area contributed by atoms with Gasteiger partial charge in [0.05, 0.1) is 0 Å². The first-order valence-corrected chi connectivity index (χ1v) is 6.17. The van der Waals surface area contributed by atoms with E-state index in [0.717, 1.165) is 22.8 Å². The normalized spacial score (nSPS) is 10.4. The molecular formula is C14H16ClN3. The van der Waals surface area contributed by atoms with Gasteiger partial charge in [-0.05, 0) is 35.4 Å². The molecule has 2 aromatic rings. The molecule has 0 amide bonds. The zero-order chi connectivity index (χ0) is 13.0. The highest BCUT2D eigenvalue weighted by atomic mass is 35.5. The third kappa shape index (κ3) is 3.00. The van der Waals surface area contributed by atoms with Gasteiger partial charge in [0.2, 0.25) is 0 Å². The lowest BCUT2D eigenvalue weighted by atomic mass is 10.2. The summed E-state index contributed by atoms with van der Waals surface area (Å²) in [6.07, 6.45) is 3.60. The molecule has 0 aliphatic rings. The first-order chi connectivity index (χ1) is 8.70. The summed E-state index contributed by atoms with van der Waals surface area (Å²) in [7, 11) is 2.04. The number of nitrogens with two attached hydrogens (primary N) is 1. The molecule has 18 heavy (non-hydrogen) atoms. The van der Waals surface area contributed by atoms with Gasteiger partial charge in [-0.15, -0.1) is 0 Å². The van der Waals surface area contributed by atoms with Gasteiger partial charge in [0.1, 0.15) is 0 Å². The van der Waals surface area contributed by atoms with Crippen molar-refractivity contribution in [2.75, 3.05) is 11.9 Å². The average Bonchev–Trinajstić information content (AvgIpc) is 2.39. The molecule has 0 atom stereocenters. The van der Waals surface area contributed by atoms with Crippen LogP contribution in [-0.2, 0) is 13.1 Å². The molecule has 0 aliphatic heterocycles. The molecule has 0 saturated heterocycles. The zero-order valence-electron chi connectivity index (χ0n) is 10.3. The van der Waals surface area contributed by atoms with Gasteiger partial charge < -0.3 is 10.6 Å². The predicted octanol–water partition coefficient (Wildman–Crippen LogP) is 2.83. The number of benzene rings is 1. The van der Waals surface area contributed by atoms with Gasteiger partial charge in [-0.25, -0.2) is 0 Å². The zero-order valence-corrected chi connectivity index (χ0v) is 11.1. The number of halogens is 1. The second-order valence-corrected chi connectivity index (χ2v) is 4.60. The molecule has 3 nitrogen and oxygen atoms in total. The quantitative estimate of drug-likeness (QED) is 0.920. The van der Waals surface area contributed by atoms with E-state index in [0.29, 0.717) is 6.54 Å². The minimum Gasteiger partial charge on any atom is -0.370 e. The molecule has 1 aromatic heterocycles. The van der Waals surface area contributed by atoms with E-state index in [-0.39, 0.29) is 0 Å². The van der Waals surface area contributed by atoms with E-state index in [4.69, 9.17) is 17.3 Å². The van der Waals surface area contributed by atoms with Crippen LogP contribution in [0.5, 0.6) is 0 Å². The van der Waals surface area contributed by atoms with Crippen LogP contribution in [0, 0.1) is 0 Å². The van der Waals surface area contributed by atoms with Crippen LogP contribution in [0.2, 0.25) is 5.02 Å². The van der Waals surface area contributed by atoms with E-state index >= 15 is 0 Å². The summed E-state index contributed by atoms with van der Waals surface area (Å²) < 4.78 is 0. The Morgan fingerprint density at radius 2 is 1.94 bits per heavy atom. The highest BCUT2D eigenvalue weighted by Crippen LogP contribution is 2.23. The molecule has 0 radical (unpaired) electrons. The molecule has 0 saturated carbocycles. The molecule has 0 aliphatic carbocycles. The van der Waals surface area contributed by atoms with Gasteiger partial charge in [-0.2, -0.15) is 0 Å². The number of rotatable bonds is 4. The van der Waals surface area contributed by atoms with Crippen LogP contribution in [0.3, 0.4) is 0 Å². The molecular weight excluding hydrogens is 246 g/mol. The van der Waals surface area contributed by atoms with Crippen molar-refractivity contribution in [1.29, 1.82) is 0 Å². The van der Waals surface area contributed by atoms with Crippen LogP contribution in [0.15, 0.2) is 42.7 Å². The Bertz CT molecular complexity index is 514. The number of pyridine rings is 1. The lowest BCUT2D eigenvalue weighted by molar-refractivity contribution is 0.918. The first-order valence-electron chi connectivity index (χ1n) is 5.79. The van der Waals surface area contributed by atoms with Crippen molar-refractivity contribution in [3.63, 3.8) is 0 Å². The fourth-order valence-corrected chi connectivity index (χ4v) is 2.04. The van der Waals surface area contributed by atoms with Crippen molar-refractivity contribution >= 4 is 17.3 Å². The second kappa shape index (κ2) is 5.85. The summed E-state index contributed by atoms with van der Waals surface area (Å²) in [4.78, 5) is 6.15. The standard InChI is InChI=1S/C14H16ClN3/c1-18(10-11-4-6-17-7-5-11)13-3-2-12(9-16)14(15)8-13/h2-8H,9-10,16H2,1H3. The summed E-state index contributed by atoms with van der Waals surface area (Å²) >= 11 is 6.16. The summed E-state index contributed by atoms with van der Waals surface area (Å²) in [6, 6.07) is 9.97. The Hall–Kier alpha value is -1.58. The van der Waals surface area contributed by atoms with E-state index in [1.807, 2.05) is 37.4 Å². The molecule has 0 fully saturated rings. The van der Waals surface area contributed by atoms with E-state index in [9.17, 15) is 0 Å². The van der Waals surface area contributed by atoms with Crippen LogP contribution < -0.4 is 10.6 Å². The smallest absolute Gasteiger partial charge is 0.0471 e. The lowest BCUT2D eigenvalue weighted by Gasteiger charge is -2.20. The van der Waals surface area contributed by atoms with E-state index in [1.54, 1.807) is 12.4 Å². The summed E-state index contributed by atoms with van der Waals surface area (Å²) in [5.74, 6) is 0. The third-order valence-corrected chi connectivity index (χ3v) is 3.22. The molecule has 1 aromatic carbocycles. The highest BCUT2D eigenvalue weighted by molar-refractivity contribution is 6.31. The summed E-state index contributed by atoms with van der Waals surface area (Å²) in [5.41, 5.74) is 8.86. The molecule has 2 N–H and O–H groups in total. The number of hydrogen-bond acceptors (Lipinski definition) is 3. The summed E-state index contributed by atoms with van der Waals surface area (Å²) in [5, 5.41) is 0.719. The van der Waals surface area contributed by atoms with Gasteiger partial charge in [0.15, 0.2) is 0 Å². The number of nitrogens with zero attached hydrogens (tertiary/aromatic N) is 2. The van der Waals surface area contributed by atoms with Crippen molar-refractivity contribution in [3.05, 3.63) is 58.9 Å². The van der Waals surface area contributed by atoms with Crippen LogP contribution in [0.1, 0.15) is 11.1 Å². The topological polar surface area (TPSA) is 42.2 Å². The van der Waals surface area contributed by atoms with Crippen molar-refractivity contribution in [3.8, 4) is 0 Å². The molecule has 0 spiro atoms. The SMILES string of the molecule is CN(Cc1ccncc1)c1ccc(CN)c(Cl)c1. The fraction of sp³-hybridized carbons (Fsp3) is 0.214. The predicted molar refractivity (Wildman–Crippen MR) is 75.7 cm³/mol. The average molecular weight is 262 g/mol.